The number of amides is 2. The molecule has 0 aliphatic rings. The molecule has 0 aliphatic carbocycles. The summed E-state index contributed by atoms with van der Waals surface area (Å²) in [5.41, 5.74) is 0.307. The van der Waals surface area contributed by atoms with Crippen molar-refractivity contribution in [3.63, 3.8) is 0 Å². The van der Waals surface area contributed by atoms with E-state index in [0.29, 0.717) is 10.6 Å². The molecule has 0 saturated carbocycles. The Bertz CT molecular complexity index is 467. The van der Waals surface area contributed by atoms with E-state index in [1.807, 2.05) is 0 Å². The third-order valence-corrected chi connectivity index (χ3v) is 2.75. The standard InChI is InChI=1S/C13H17ClN2O4/c1-20-8-9(17)6-15-12(18)7-16-13(19)10-4-2-3-5-11(10)14/h2-5,9,17H,6-8H2,1H3,(H,15,18)(H,16,19). The molecule has 1 unspecified atom stereocenters. The lowest BCUT2D eigenvalue weighted by molar-refractivity contribution is -0.120. The van der Waals surface area contributed by atoms with Gasteiger partial charge in [0.15, 0.2) is 0 Å². The molecule has 1 rings (SSSR count). The van der Waals surface area contributed by atoms with Gasteiger partial charge in [0.1, 0.15) is 0 Å². The van der Waals surface area contributed by atoms with Crippen LogP contribution in [-0.4, -0.2) is 49.8 Å². The maximum atomic E-state index is 11.8. The topological polar surface area (TPSA) is 87.7 Å². The Kier molecular flexibility index (Phi) is 7.00. The number of aliphatic hydroxyl groups excluding tert-OH is 1. The summed E-state index contributed by atoms with van der Waals surface area (Å²) in [4.78, 5) is 23.2. The highest BCUT2D eigenvalue weighted by atomic mass is 35.5. The lowest BCUT2D eigenvalue weighted by Crippen LogP contribution is -2.41. The number of hydrogen-bond acceptors (Lipinski definition) is 4. The lowest BCUT2D eigenvalue weighted by Gasteiger charge is -2.11. The number of carbonyl (C=O) groups is 2. The van der Waals surface area contributed by atoms with Crippen LogP contribution in [0.25, 0.3) is 0 Å². The monoisotopic (exact) mass is 300 g/mol. The first kappa shape index (κ1) is 16.4. The van der Waals surface area contributed by atoms with Crippen LogP contribution >= 0.6 is 11.6 Å². The molecule has 1 atom stereocenters. The molecule has 110 valence electrons. The summed E-state index contributed by atoms with van der Waals surface area (Å²) in [6, 6.07) is 6.56. The molecule has 2 amide bonds. The highest BCUT2D eigenvalue weighted by Crippen LogP contribution is 2.14. The van der Waals surface area contributed by atoms with Crippen LogP contribution < -0.4 is 10.6 Å². The van der Waals surface area contributed by atoms with E-state index >= 15 is 0 Å². The minimum atomic E-state index is -0.775. The molecule has 0 aliphatic heterocycles. The van der Waals surface area contributed by atoms with Crippen molar-refractivity contribution in [3.05, 3.63) is 34.9 Å². The van der Waals surface area contributed by atoms with Crippen LogP contribution in [0.2, 0.25) is 5.02 Å². The normalized spacial score (nSPS) is 11.8. The van der Waals surface area contributed by atoms with Gasteiger partial charge < -0.3 is 20.5 Å². The fourth-order valence-electron chi connectivity index (χ4n) is 1.45. The van der Waals surface area contributed by atoms with Crippen molar-refractivity contribution >= 4 is 23.4 Å². The Labute approximate surface area is 122 Å². The summed E-state index contributed by atoms with van der Waals surface area (Å²) >= 11 is 5.86. The smallest absolute Gasteiger partial charge is 0.253 e. The summed E-state index contributed by atoms with van der Waals surface area (Å²) in [5.74, 6) is -0.830. The van der Waals surface area contributed by atoms with Crippen LogP contribution in [0, 0.1) is 0 Å². The first-order valence-electron chi connectivity index (χ1n) is 6.01. The quantitative estimate of drug-likeness (QED) is 0.671. The van der Waals surface area contributed by atoms with Gasteiger partial charge in [-0.15, -0.1) is 0 Å². The molecular weight excluding hydrogens is 284 g/mol. The van der Waals surface area contributed by atoms with E-state index in [4.69, 9.17) is 16.3 Å². The first-order chi connectivity index (χ1) is 9.54. The van der Waals surface area contributed by atoms with E-state index in [-0.39, 0.29) is 19.7 Å². The van der Waals surface area contributed by atoms with Gasteiger partial charge in [0.2, 0.25) is 5.91 Å². The Morgan fingerprint density at radius 3 is 2.70 bits per heavy atom. The van der Waals surface area contributed by atoms with E-state index in [1.54, 1.807) is 24.3 Å². The third-order valence-electron chi connectivity index (χ3n) is 2.42. The average Bonchev–Trinajstić information content (AvgIpc) is 2.43. The third kappa shape index (κ3) is 5.56. The highest BCUT2D eigenvalue weighted by molar-refractivity contribution is 6.33. The summed E-state index contributed by atoms with van der Waals surface area (Å²) in [6.45, 7) is 0.00462. The van der Waals surface area contributed by atoms with Crippen LogP contribution in [0.4, 0.5) is 0 Å². The van der Waals surface area contributed by atoms with Gasteiger partial charge in [-0.3, -0.25) is 9.59 Å². The fourth-order valence-corrected chi connectivity index (χ4v) is 1.67. The van der Waals surface area contributed by atoms with E-state index in [0.717, 1.165) is 0 Å². The van der Waals surface area contributed by atoms with Gasteiger partial charge in [-0.25, -0.2) is 0 Å². The maximum absolute atomic E-state index is 11.8. The molecule has 0 bridgehead atoms. The minimum Gasteiger partial charge on any atom is -0.389 e. The molecule has 0 radical (unpaired) electrons. The molecule has 3 N–H and O–H groups in total. The molecule has 1 aromatic rings. The largest absolute Gasteiger partial charge is 0.389 e. The number of rotatable bonds is 7. The average molecular weight is 301 g/mol. The van der Waals surface area contributed by atoms with Gasteiger partial charge in [0.25, 0.3) is 5.91 Å². The number of methoxy groups -OCH3 is 1. The molecule has 0 heterocycles. The van der Waals surface area contributed by atoms with E-state index in [9.17, 15) is 14.7 Å². The predicted molar refractivity (Wildman–Crippen MR) is 74.7 cm³/mol. The number of hydrogen-bond donors (Lipinski definition) is 3. The molecule has 0 spiro atoms. The van der Waals surface area contributed by atoms with Crippen LogP contribution in [0.3, 0.4) is 0 Å². The van der Waals surface area contributed by atoms with Gasteiger partial charge in [-0.1, -0.05) is 23.7 Å². The maximum Gasteiger partial charge on any atom is 0.253 e. The van der Waals surface area contributed by atoms with Crippen molar-refractivity contribution in [2.45, 2.75) is 6.10 Å². The van der Waals surface area contributed by atoms with Crippen molar-refractivity contribution in [1.29, 1.82) is 0 Å². The summed E-state index contributed by atoms with van der Waals surface area (Å²) in [6.07, 6.45) is -0.775. The van der Waals surface area contributed by atoms with Crippen molar-refractivity contribution in [2.24, 2.45) is 0 Å². The van der Waals surface area contributed by atoms with Gasteiger partial charge >= 0.3 is 0 Å². The zero-order valence-corrected chi connectivity index (χ0v) is 11.8. The van der Waals surface area contributed by atoms with E-state index < -0.39 is 17.9 Å². The van der Waals surface area contributed by atoms with Gasteiger partial charge in [0.05, 0.1) is 29.8 Å². The Balaban J connectivity index is 2.34. The van der Waals surface area contributed by atoms with Crippen molar-refractivity contribution in [2.75, 3.05) is 26.8 Å². The first-order valence-corrected chi connectivity index (χ1v) is 6.38. The summed E-state index contributed by atoms with van der Waals surface area (Å²) < 4.78 is 4.72. The SMILES string of the molecule is COCC(O)CNC(=O)CNC(=O)c1ccccc1Cl. The van der Waals surface area contributed by atoms with E-state index in [2.05, 4.69) is 10.6 Å². The molecule has 20 heavy (non-hydrogen) atoms. The molecule has 1 aromatic carbocycles. The van der Waals surface area contributed by atoms with Gasteiger partial charge in [0, 0.05) is 13.7 Å². The number of aliphatic hydroxyl groups is 1. The lowest BCUT2D eigenvalue weighted by atomic mass is 10.2. The molecule has 0 fully saturated rings. The predicted octanol–water partition coefficient (Wildman–Crippen LogP) is 0.193. The van der Waals surface area contributed by atoms with Crippen molar-refractivity contribution in [3.8, 4) is 0 Å². The second-order valence-corrected chi connectivity index (χ2v) is 4.48. The van der Waals surface area contributed by atoms with Crippen molar-refractivity contribution < 1.29 is 19.4 Å². The van der Waals surface area contributed by atoms with Crippen LogP contribution in [0.5, 0.6) is 0 Å². The number of halogens is 1. The number of benzene rings is 1. The Morgan fingerprint density at radius 2 is 2.05 bits per heavy atom. The number of ether oxygens (including phenoxy) is 1. The molecule has 0 aromatic heterocycles. The molecule has 0 saturated heterocycles. The fraction of sp³-hybridized carbons (Fsp3) is 0.385. The molecule has 7 heteroatoms. The zero-order valence-electron chi connectivity index (χ0n) is 11.1. The number of nitrogens with one attached hydrogen (secondary N) is 2. The summed E-state index contributed by atoms with van der Waals surface area (Å²) in [5, 5.41) is 14.6. The van der Waals surface area contributed by atoms with Gasteiger partial charge in [-0.2, -0.15) is 0 Å². The van der Waals surface area contributed by atoms with Crippen LogP contribution in [0.1, 0.15) is 10.4 Å². The summed E-state index contributed by atoms with van der Waals surface area (Å²) in [7, 11) is 1.45. The zero-order chi connectivity index (χ0) is 15.0. The second kappa shape index (κ2) is 8.52. The molecular formula is C13H17ClN2O4. The minimum absolute atomic E-state index is 0.0641. The van der Waals surface area contributed by atoms with Crippen LogP contribution in [-0.2, 0) is 9.53 Å². The Hall–Kier alpha value is -1.63. The van der Waals surface area contributed by atoms with Gasteiger partial charge in [-0.05, 0) is 12.1 Å². The van der Waals surface area contributed by atoms with Crippen LogP contribution in [0.15, 0.2) is 24.3 Å². The van der Waals surface area contributed by atoms with E-state index in [1.165, 1.54) is 7.11 Å². The Morgan fingerprint density at radius 1 is 1.35 bits per heavy atom. The second-order valence-electron chi connectivity index (χ2n) is 4.08. The number of carbonyl (C=O) groups excluding carboxylic acids is 2. The molecule has 6 nitrogen and oxygen atoms in total. The van der Waals surface area contributed by atoms with Crippen molar-refractivity contribution in [1.82, 2.24) is 10.6 Å². The highest BCUT2D eigenvalue weighted by Gasteiger charge is 2.11.